The highest BCUT2D eigenvalue weighted by Gasteiger charge is 2.69. The van der Waals surface area contributed by atoms with Crippen LogP contribution in [0.5, 0.6) is 0 Å². The van der Waals surface area contributed by atoms with Crippen LogP contribution in [-0.4, -0.2) is 37.6 Å². The van der Waals surface area contributed by atoms with Gasteiger partial charge in [0, 0.05) is 29.3 Å². The van der Waals surface area contributed by atoms with Crippen LogP contribution >= 0.6 is 0 Å². The van der Waals surface area contributed by atoms with Crippen molar-refractivity contribution in [3.8, 4) is 0 Å². The van der Waals surface area contributed by atoms with Gasteiger partial charge in [-0.15, -0.1) is 0 Å². The summed E-state index contributed by atoms with van der Waals surface area (Å²) in [5, 5.41) is 22.5. The minimum Gasteiger partial charge on any atom is -0.478 e. The molecule has 0 atom stereocenters. The van der Waals surface area contributed by atoms with Gasteiger partial charge in [-0.2, -0.15) is 0 Å². The first-order valence-electron chi connectivity index (χ1n) is 15.8. The molecule has 10 rings (SSSR count). The summed E-state index contributed by atoms with van der Waals surface area (Å²) in [5.41, 5.74) is 1.16. The average molecular weight is 543 g/mol. The number of carboxylic acids is 2. The highest BCUT2D eigenvalue weighted by Crippen LogP contribution is 2.72. The van der Waals surface area contributed by atoms with Crippen molar-refractivity contribution < 1.29 is 19.8 Å². The van der Waals surface area contributed by atoms with Gasteiger partial charge in [-0.25, -0.2) is 9.59 Å². The van der Waals surface area contributed by atoms with Crippen molar-refractivity contribution in [2.45, 2.75) is 102 Å². The maximum atomic E-state index is 13.8. The third kappa shape index (κ3) is 3.09. The van der Waals surface area contributed by atoms with Gasteiger partial charge in [-0.3, -0.25) is 4.98 Å². The number of carboxylic acid groups (broad SMARTS) is 2. The molecule has 1 aromatic heterocycles. The van der Waals surface area contributed by atoms with Crippen molar-refractivity contribution >= 4 is 11.9 Å². The normalized spacial score (nSPS) is 42.6. The number of nitrogens with zero attached hydrogens (tertiary/aromatic N) is 2. The fourth-order valence-electron chi connectivity index (χ4n) is 13.1. The molecule has 8 bridgehead atoms. The Labute approximate surface area is 236 Å². The van der Waals surface area contributed by atoms with Gasteiger partial charge in [0.2, 0.25) is 0 Å². The molecule has 0 amide bonds. The predicted molar refractivity (Wildman–Crippen MR) is 150 cm³/mol. The van der Waals surface area contributed by atoms with Crippen LogP contribution in [0.25, 0.3) is 0 Å². The second-order valence-electron chi connectivity index (χ2n) is 15.2. The molecule has 9 aliphatic rings. The molecule has 0 radical (unpaired) electrons. The molecule has 8 saturated carbocycles. The Morgan fingerprint density at radius 2 is 1.18 bits per heavy atom. The molecule has 0 saturated heterocycles. The van der Waals surface area contributed by atoms with Gasteiger partial charge in [-0.05, 0) is 143 Å². The number of rotatable bonds is 5. The number of hydrogen-bond acceptors (Lipinski definition) is 4. The van der Waals surface area contributed by atoms with E-state index in [1.165, 1.54) is 38.5 Å². The van der Waals surface area contributed by atoms with E-state index in [-0.39, 0.29) is 5.54 Å². The molecule has 1 aromatic rings. The van der Waals surface area contributed by atoms with Crippen LogP contribution in [0.4, 0.5) is 0 Å². The third-order valence-electron chi connectivity index (χ3n) is 13.0. The summed E-state index contributed by atoms with van der Waals surface area (Å²) in [6.07, 6.45) is 16.8. The fraction of sp³-hybridized carbons (Fsp3) is 0.676. The molecule has 1 aliphatic heterocycles. The molecule has 212 valence electrons. The SMILES string of the molecule is CC1=C(C(=O)O)C(c2cccnc2)(C23CC4CC(CC(C4)C2)C3)C(C(=O)O)=C(C)N1C12CC3CC(CC(C3)C1)C2. The van der Waals surface area contributed by atoms with Gasteiger partial charge in [0.25, 0.3) is 0 Å². The summed E-state index contributed by atoms with van der Waals surface area (Å²) >= 11 is 0. The summed E-state index contributed by atoms with van der Waals surface area (Å²) in [7, 11) is 0. The summed E-state index contributed by atoms with van der Waals surface area (Å²) in [4.78, 5) is 34.3. The van der Waals surface area contributed by atoms with Crippen LogP contribution in [0.1, 0.15) is 96.5 Å². The predicted octanol–water partition coefficient (Wildman–Crippen LogP) is 6.54. The summed E-state index contributed by atoms with van der Waals surface area (Å²) in [6, 6.07) is 3.84. The van der Waals surface area contributed by atoms with E-state index in [9.17, 15) is 19.8 Å². The Balaban J connectivity index is 1.43. The monoisotopic (exact) mass is 542 g/mol. The topological polar surface area (TPSA) is 90.7 Å². The molecule has 0 spiro atoms. The maximum Gasteiger partial charge on any atom is 0.334 e. The largest absolute Gasteiger partial charge is 0.478 e. The second-order valence-corrected chi connectivity index (χ2v) is 15.2. The van der Waals surface area contributed by atoms with Gasteiger partial charge >= 0.3 is 11.9 Å². The van der Waals surface area contributed by atoms with E-state index in [4.69, 9.17) is 0 Å². The quantitative estimate of drug-likeness (QED) is 0.439. The number of hydrogen-bond donors (Lipinski definition) is 2. The molecular formula is C34H42N2O4. The number of aromatic nitrogens is 1. The van der Waals surface area contributed by atoms with Crippen LogP contribution in [0.2, 0.25) is 0 Å². The van der Waals surface area contributed by atoms with Crippen LogP contribution in [0, 0.1) is 40.9 Å². The maximum absolute atomic E-state index is 13.8. The molecule has 8 aliphatic carbocycles. The fourth-order valence-corrected chi connectivity index (χ4v) is 13.1. The second kappa shape index (κ2) is 8.23. The Bertz CT molecular complexity index is 1250. The summed E-state index contributed by atoms with van der Waals surface area (Å²) in [6.45, 7) is 4.02. The zero-order chi connectivity index (χ0) is 27.6. The van der Waals surface area contributed by atoms with E-state index in [1.54, 1.807) is 12.4 Å². The lowest BCUT2D eigenvalue weighted by Gasteiger charge is -2.67. The van der Waals surface area contributed by atoms with Crippen LogP contribution < -0.4 is 0 Å². The van der Waals surface area contributed by atoms with E-state index in [0.717, 1.165) is 55.5 Å². The first-order valence-corrected chi connectivity index (χ1v) is 15.8. The number of aliphatic carboxylic acids is 2. The zero-order valence-electron chi connectivity index (χ0n) is 23.9. The van der Waals surface area contributed by atoms with Crippen molar-refractivity contribution in [2.24, 2.45) is 40.9 Å². The van der Waals surface area contributed by atoms with E-state index < -0.39 is 22.8 Å². The Hall–Kier alpha value is -2.63. The summed E-state index contributed by atoms with van der Waals surface area (Å²) < 4.78 is 0. The lowest BCUT2D eigenvalue weighted by atomic mass is 9.38. The number of carbonyl (C=O) groups is 2. The molecule has 6 nitrogen and oxygen atoms in total. The number of allylic oxidation sites excluding steroid dienone is 2. The van der Waals surface area contributed by atoms with E-state index in [0.29, 0.717) is 46.7 Å². The minimum absolute atomic E-state index is 0.174. The molecule has 0 unspecified atom stereocenters. The smallest absolute Gasteiger partial charge is 0.334 e. The van der Waals surface area contributed by atoms with Crippen molar-refractivity contribution in [1.29, 1.82) is 0 Å². The summed E-state index contributed by atoms with van der Waals surface area (Å²) in [5.74, 6) is 1.73. The molecular weight excluding hydrogens is 500 g/mol. The number of pyridine rings is 1. The average Bonchev–Trinajstić information content (AvgIpc) is 2.86. The Morgan fingerprint density at radius 1 is 0.750 bits per heavy atom. The molecule has 0 aromatic carbocycles. The molecule has 6 heteroatoms. The van der Waals surface area contributed by atoms with Crippen molar-refractivity contribution in [2.75, 3.05) is 0 Å². The van der Waals surface area contributed by atoms with Gasteiger partial charge < -0.3 is 15.1 Å². The lowest BCUT2D eigenvalue weighted by Crippen LogP contribution is -2.65. The first kappa shape index (κ1) is 25.1. The lowest BCUT2D eigenvalue weighted by molar-refractivity contribution is -0.141. The highest BCUT2D eigenvalue weighted by molar-refractivity contribution is 6.01. The molecule has 2 heterocycles. The van der Waals surface area contributed by atoms with Crippen molar-refractivity contribution in [3.63, 3.8) is 0 Å². The van der Waals surface area contributed by atoms with Crippen LogP contribution in [0.3, 0.4) is 0 Å². The van der Waals surface area contributed by atoms with Crippen molar-refractivity contribution in [1.82, 2.24) is 9.88 Å². The van der Waals surface area contributed by atoms with Crippen LogP contribution in [-0.2, 0) is 15.0 Å². The zero-order valence-corrected chi connectivity index (χ0v) is 23.9. The van der Waals surface area contributed by atoms with E-state index in [1.807, 2.05) is 26.0 Å². The minimum atomic E-state index is -1.22. The molecule has 40 heavy (non-hydrogen) atoms. The van der Waals surface area contributed by atoms with Crippen molar-refractivity contribution in [3.05, 3.63) is 52.6 Å². The van der Waals surface area contributed by atoms with E-state index >= 15 is 0 Å². The van der Waals surface area contributed by atoms with E-state index in [2.05, 4.69) is 9.88 Å². The first-order chi connectivity index (χ1) is 19.2. The van der Waals surface area contributed by atoms with Gasteiger partial charge in [0.05, 0.1) is 16.6 Å². The van der Waals surface area contributed by atoms with Gasteiger partial charge in [0.15, 0.2) is 0 Å². The molecule has 8 fully saturated rings. The Morgan fingerprint density at radius 3 is 1.55 bits per heavy atom. The molecule has 2 N–H and O–H groups in total. The third-order valence-corrected chi connectivity index (χ3v) is 13.0. The highest BCUT2D eigenvalue weighted by atomic mass is 16.4. The van der Waals surface area contributed by atoms with Crippen LogP contribution in [0.15, 0.2) is 47.1 Å². The van der Waals surface area contributed by atoms with Gasteiger partial charge in [0.1, 0.15) is 0 Å². The Kier molecular flexibility index (Phi) is 5.16. The standard InChI is InChI=1S/C34H42N2O4/c1-19-28(30(37)38)34(27-4-3-5-35-18-27,32-12-21-6-22(13-32)8-23(7-21)14-32)29(31(39)40)20(2)36(19)33-15-24-9-25(16-33)11-26(10-24)17-33/h3-5,18,21-26H,6-17H2,1-2H3,(H,37,38)(H,39,40). The van der Waals surface area contributed by atoms with Gasteiger partial charge in [-0.1, -0.05) is 6.07 Å².